The number of para-hydroxylation sites is 1. The van der Waals surface area contributed by atoms with Gasteiger partial charge in [0.15, 0.2) is 0 Å². The summed E-state index contributed by atoms with van der Waals surface area (Å²) in [5, 5.41) is 23.5. The summed E-state index contributed by atoms with van der Waals surface area (Å²) in [6, 6.07) is 7.11. The molecule has 2 aromatic rings. The highest BCUT2D eigenvalue weighted by molar-refractivity contribution is 6.33. The fourth-order valence-electron chi connectivity index (χ4n) is 1.97. The highest BCUT2D eigenvalue weighted by Crippen LogP contribution is 2.37. The first-order valence-electron chi connectivity index (χ1n) is 6.22. The molecule has 1 aromatic carbocycles. The average Bonchev–Trinajstić information content (AvgIpc) is 2.42. The zero-order chi connectivity index (χ0) is 14.5. The summed E-state index contributed by atoms with van der Waals surface area (Å²) in [7, 11) is 0. The van der Waals surface area contributed by atoms with E-state index in [-0.39, 0.29) is 17.4 Å². The lowest BCUT2D eigenvalue weighted by molar-refractivity contribution is -0.384. The topological polar surface area (TPSA) is 88.3 Å². The number of benzene rings is 1. The molecular formula is C13H14ClN3O3. The van der Waals surface area contributed by atoms with E-state index < -0.39 is 4.92 Å². The van der Waals surface area contributed by atoms with E-state index in [9.17, 15) is 10.1 Å². The van der Waals surface area contributed by atoms with Crippen molar-refractivity contribution in [1.82, 2.24) is 4.98 Å². The zero-order valence-corrected chi connectivity index (χ0v) is 11.4. The van der Waals surface area contributed by atoms with Crippen molar-refractivity contribution in [2.45, 2.75) is 12.8 Å². The zero-order valence-electron chi connectivity index (χ0n) is 10.7. The summed E-state index contributed by atoms with van der Waals surface area (Å²) in [6.45, 7) is 0.618. The van der Waals surface area contributed by atoms with Crippen LogP contribution in [0.15, 0.2) is 24.3 Å². The molecule has 0 atom stereocenters. The standard InChI is InChI=1S/C13H14ClN3O3/c14-13-12(17(19)20)11(15-7-3-4-8-18)9-5-1-2-6-10(9)16-13/h1-2,5-6,18H,3-4,7-8H2,(H,15,16). The Morgan fingerprint density at radius 3 is 2.80 bits per heavy atom. The molecule has 2 rings (SSSR count). The van der Waals surface area contributed by atoms with Crippen LogP contribution < -0.4 is 5.32 Å². The van der Waals surface area contributed by atoms with Gasteiger partial charge in [-0.05, 0) is 18.9 Å². The molecule has 0 aliphatic rings. The molecule has 6 nitrogen and oxygen atoms in total. The lowest BCUT2D eigenvalue weighted by Crippen LogP contribution is -2.07. The monoisotopic (exact) mass is 295 g/mol. The van der Waals surface area contributed by atoms with Crippen LogP contribution in [0.2, 0.25) is 5.15 Å². The third-order valence-corrected chi connectivity index (χ3v) is 3.16. The van der Waals surface area contributed by atoms with Crippen molar-refractivity contribution in [2.75, 3.05) is 18.5 Å². The van der Waals surface area contributed by atoms with E-state index in [2.05, 4.69) is 10.3 Å². The molecule has 0 unspecified atom stereocenters. The van der Waals surface area contributed by atoms with Gasteiger partial charge in [-0.25, -0.2) is 4.98 Å². The molecule has 0 bridgehead atoms. The molecule has 2 N–H and O–H groups in total. The van der Waals surface area contributed by atoms with Gasteiger partial charge in [0, 0.05) is 18.5 Å². The molecule has 0 aliphatic heterocycles. The van der Waals surface area contributed by atoms with E-state index in [1.807, 2.05) is 0 Å². The van der Waals surface area contributed by atoms with Gasteiger partial charge in [0.1, 0.15) is 5.69 Å². The second-order valence-electron chi connectivity index (χ2n) is 4.26. The van der Waals surface area contributed by atoms with Crippen LogP contribution in [0.3, 0.4) is 0 Å². The van der Waals surface area contributed by atoms with Gasteiger partial charge in [-0.1, -0.05) is 29.8 Å². The maximum atomic E-state index is 11.2. The predicted octanol–water partition coefficient (Wildman–Crippen LogP) is 2.98. The molecule has 0 aliphatic carbocycles. The van der Waals surface area contributed by atoms with Crippen molar-refractivity contribution in [1.29, 1.82) is 0 Å². The van der Waals surface area contributed by atoms with E-state index >= 15 is 0 Å². The number of anilines is 1. The second-order valence-corrected chi connectivity index (χ2v) is 4.62. The van der Waals surface area contributed by atoms with Crippen LogP contribution in [-0.4, -0.2) is 28.2 Å². The molecule has 106 valence electrons. The Bertz CT molecular complexity index is 634. The molecule has 7 heteroatoms. The Morgan fingerprint density at radius 2 is 2.10 bits per heavy atom. The molecule has 0 spiro atoms. The van der Waals surface area contributed by atoms with Crippen molar-refractivity contribution in [3.63, 3.8) is 0 Å². The normalized spacial score (nSPS) is 10.7. The smallest absolute Gasteiger partial charge is 0.329 e. The number of hydrogen-bond donors (Lipinski definition) is 2. The number of rotatable bonds is 6. The molecule has 0 fully saturated rings. The van der Waals surface area contributed by atoms with E-state index in [0.717, 1.165) is 0 Å². The van der Waals surface area contributed by atoms with Gasteiger partial charge in [0.2, 0.25) is 5.15 Å². The highest BCUT2D eigenvalue weighted by Gasteiger charge is 2.23. The Hall–Kier alpha value is -1.92. The van der Waals surface area contributed by atoms with Crippen molar-refractivity contribution < 1.29 is 10.0 Å². The Balaban J connectivity index is 2.46. The van der Waals surface area contributed by atoms with Gasteiger partial charge in [-0.15, -0.1) is 0 Å². The number of aromatic nitrogens is 1. The molecule has 0 saturated carbocycles. The number of nitrogens with one attached hydrogen (secondary N) is 1. The molecular weight excluding hydrogens is 282 g/mol. The molecule has 20 heavy (non-hydrogen) atoms. The van der Waals surface area contributed by atoms with Crippen LogP contribution in [0.1, 0.15) is 12.8 Å². The van der Waals surface area contributed by atoms with E-state index in [1.165, 1.54) is 0 Å². The summed E-state index contributed by atoms with van der Waals surface area (Å²) in [5.74, 6) is 0. The van der Waals surface area contributed by atoms with Crippen molar-refractivity contribution >= 4 is 33.9 Å². The minimum atomic E-state index is -0.532. The Labute approximate surface area is 120 Å². The number of hydrogen-bond acceptors (Lipinski definition) is 5. The number of fused-ring (bicyclic) bond motifs is 1. The number of pyridine rings is 1. The first-order chi connectivity index (χ1) is 9.65. The third-order valence-electron chi connectivity index (χ3n) is 2.89. The number of nitro groups is 1. The van der Waals surface area contributed by atoms with Crippen molar-refractivity contribution in [2.24, 2.45) is 0 Å². The van der Waals surface area contributed by atoms with Crippen LogP contribution >= 0.6 is 11.6 Å². The predicted molar refractivity (Wildman–Crippen MR) is 78.2 cm³/mol. The second kappa shape index (κ2) is 6.49. The maximum Gasteiger partial charge on any atom is 0.329 e. The van der Waals surface area contributed by atoms with Crippen LogP contribution in [0.4, 0.5) is 11.4 Å². The van der Waals surface area contributed by atoms with E-state index in [4.69, 9.17) is 16.7 Å². The largest absolute Gasteiger partial charge is 0.396 e. The van der Waals surface area contributed by atoms with E-state index in [1.54, 1.807) is 24.3 Å². The molecule has 1 aromatic heterocycles. The van der Waals surface area contributed by atoms with E-state index in [0.29, 0.717) is 36.0 Å². The van der Waals surface area contributed by atoms with Gasteiger partial charge in [-0.3, -0.25) is 10.1 Å². The SMILES string of the molecule is O=[N+]([O-])c1c(Cl)nc2ccccc2c1NCCCCO. The fraction of sp³-hybridized carbons (Fsp3) is 0.308. The van der Waals surface area contributed by atoms with Gasteiger partial charge in [-0.2, -0.15) is 0 Å². The van der Waals surface area contributed by atoms with Gasteiger partial charge >= 0.3 is 5.69 Å². The average molecular weight is 296 g/mol. The molecule has 0 radical (unpaired) electrons. The van der Waals surface area contributed by atoms with Crippen LogP contribution in [-0.2, 0) is 0 Å². The van der Waals surface area contributed by atoms with Crippen LogP contribution in [0.25, 0.3) is 10.9 Å². The van der Waals surface area contributed by atoms with Crippen molar-refractivity contribution in [3.8, 4) is 0 Å². The first kappa shape index (κ1) is 14.5. The summed E-state index contributed by atoms with van der Waals surface area (Å²) >= 11 is 5.91. The lowest BCUT2D eigenvalue weighted by atomic mass is 10.1. The number of nitrogens with zero attached hydrogens (tertiary/aromatic N) is 2. The lowest BCUT2D eigenvalue weighted by Gasteiger charge is -2.10. The summed E-state index contributed by atoms with van der Waals surface area (Å²) < 4.78 is 0. The highest BCUT2D eigenvalue weighted by atomic mass is 35.5. The summed E-state index contributed by atoms with van der Waals surface area (Å²) in [4.78, 5) is 14.7. The first-order valence-corrected chi connectivity index (χ1v) is 6.60. The summed E-state index contributed by atoms with van der Waals surface area (Å²) in [6.07, 6.45) is 1.35. The number of unbranched alkanes of at least 4 members (excludes halogenated alkanes) is 1. The minimum Gasteiger partial charge on any atom is -0.396 e. The quantitative estimate of drug-likeness (QED) is 0.370. The molecule has 1 heterocycles. The number of aliphatic hydroxyl groups excluding tert-OH is 1. The van der Waals surface area contributed by atoms with Gasteiger partial charge < -0.3 is 10.4 Å². The van der Waals surface area contributed by atoms with Gasteiger partial charge in [0.25, 0.3) is 0 Å². The Morgan fingerprint density at radius 1 is 1.35 bits per heavy atom. The molecule has 0 saturated heterocycles. The van der Waals surface area contributed by atoms with Crippen LogP contribution in [0.5, 0.6) is 0 Å². The minimum absolute atomic E-state index is 0.0988. The fourth-order valence-corrected chi connectivity index (χ4v) is 2.22. The Kier molecular flexibility index (Phi) is 4.70. The van der Waals surface area contributed by atoms with Crippen molar-refractivity contribution in [3.05, 3.63) is 39.5 Å². The third kappa shape index (κ3) is 2.97. The number of aliphatic hydroxyl groups is 1. The summed E-state index contributed by atoms with van der Waals surface area (Å²) in [5.41, 5.74) is 0.769. The van der Waals surface area contributed by atoms with Gasteiger partial charge in [0.05, 0.1) is 10.4 Å². The number of halogens is 1. The maximum absolute atomic E-state index is 11.2. The molecule has 0 amide bonds. The van der Waals surface area contributed by atoms with Crippen LogP contribution in [0, 0.1) is 10.1 Å².